The molecule has 0 amide bonds. The molecule has 0 rings (SSSR count). The number of thioether (sulfide) groups is 1. The van der Waals surface area contributed by atoms with Gasteiger partial charge in [0.05, 0.1) is 5.75 Å². The molecular formula is C11H23NO4S2. The second-order valence-corrected chi connectivity index (χ2v) is 8.00. The van der Waals surface area contributed by atoms with E-state index in [1.807, 2.05) is 6.92 Å². The first-order valence-corrected chi connectivity index (χ1v) is 9.16. The molecule has 0 aromatic rings. The molecule has 1 unspecified atom stereocenters. The van der Waals surface area contributed by atoms with Crippen molar-refractivity contribution in [3.8, 4) is 0 Å². The summed E-state index contributed by atoms with van der Waals surface area (Å²) in [5.74, 6) is 0.694. The Morgan fingerprint density at radius 1 is 1.39 bits per heavy atom. The van der Waals surface area contributed by atoms with Crippen LogP contribution in [0.3, 0.4) is 0 Å². The summed E-state index contributed by atoms with van der Waals surface area (Å²) in [7, 11) is -2.89. The van der Waals surface area contributed by atoms with Gasteiger partial charge in [-0.25, -0.2) is 8.42 Å². The maximum Gasteiger partial charge on any atom is 0.323 e. The topological polar surface area (TPSA) is 83.5 Å². The number of hydrogen-bond donors (Lipinski definition) is 2. The van der Waals surface area contributed by atoms with Crippen LogP contribution in [-0.4, -0.2) is 55.1 Å². The number of sulfone groups is 1. The summed E-state index contributed by atoms with van der Waals surface area (Å²) >= 11 is 1.55. The lowest BCUT2D eigenvalue weighted by Crippen LogP contribution is -2.49. The number of rotatable bonds is 10. The highest BCUT2D eigenvalue weighted by atomic mass is 32.2. The highest BCUT2D eigenvalue weighted by Crippen LogP contribution is 2.15. The number of likely N-dealkylation sites (N-methyl/N-ethyl adjacent to an activating group) is 1. The maximum absolute atomic E-state index is 11.1. The summed E-state index contributed by atoms with van der Waals surface area (Å²) in [6.45, 7) is 4.17. The van der Waals surface area contributed by atoms with E-state index in [0.717, 1.165) is 12.2 Å². The van der Waals surface area contributed by atoms with Crippen LogP contribution in [0.2, 0.25) is 0 Å². The normalized spacial score (nSPS) is 15.3. The largest absolute Gasteiger partial charge is 0.480 e. The van der Waals surface area contributed by atoms with Gasteiger partial charge < -0.3 is 10.4 Å². The van der Waals surface area contributed by atoms with Crippen molar-refractivity contribution in [1.29, 1.82) is 0 Å². The van der Waals surface area contributed by atoms with Crippen molar-refractivity contribution in [3.63, 3.8) is 0 Å². The average molecular weight is 297 g/mol. The number of carbonyl (C=O) groups is 1. The van der Waals surface area contributed by atoms with E-state index in [4.69, 9.17) is 5.11 Å². The molecule has 0 aliphatic heterocycles. The molecule has 0 aliphatic rings. The third-order valence-electron chi connectivity index (χ3n) is 2.60. The van der Waals surface area contributed by atoms with E-state index in [1.165, 1.54) is 6.26 Å². The average Bonchev–Trinajstić information content (AvgIpc) is 2.22. The zero-order valence-electron chi connectivity index (χ0n) is 11.2. The van der Waals surface area contributed by atoms with E-state index in [0.29, 0.717) is 18.7 Å². The zero-order chi connectivity index (χ0) is 14.2. The first-order chi connectivity index (χ1) is 8.21. The summed E-state index contributed by atoms with van der Waals surface area (Å²) in [5.41, 5.74) is -0.883. The second kappa shape index (κ2) is 8.01. The third kappa shape index (κ3) is 7.94. The molecule has 0 bridgehead atoms. The molecule has 108 valence electrons. The molecular weight excluding hydrogens is 274 g/mol. The molecule has 0 aromatic carbocycles. The van der Waals surface area contributed by atoms with Gasteiger partial charge in [0.1, 0.15) is 15.4 Å². The van der Waals surface area contributed by atoms with Gasteiger partial charge in [0.2, 0.25) is 0 Å². The van der Waals surface area contributed by atoms with Gasteiger partial charge in [-0.1, -0.05) is 6.92 Å². The zero-order valence-corrected chi connectivity index (χ0v) is 12.9. The molecule has 7 heteroatoms. The van der Waals surface area contributed by atoms with E-state index in [1.54, 1.807) is 18.7 Å². The maximum atomic E-state index is 11.1. The Labute approximate surface area is 114 Å². The van der Waals surface area contributed by atoms with Gasteiger partial charge in [0.25, 0.3) is 0 Å². The van der Waals surface area contributed by atoms with Gasteiger partial charge in [-0.2, -0.15) is 11.8 Å². The predicted molar refractivity (Wildman–Crippen MR) is 76.0 cm³/mol. The number of aliphatic carboxylic acids is 1. The standard InChI is InChI=1S/C11H23NO4S2/c1-4-12-11(2,10(13)14)6-5-7-17-8-9-18(3,15)16/h12H,4-9H2,1-3H3,(H,13,14). The fourth-order valence-corrected chi connectivity index (χ4v) is 3.74. The number of nitrogens with one attached hydrogen (secondary N) is 1. The quantitative estimate of drug-likeness (QED) is 0.585. The van der Waals surface area contributed by atoms with Crippen LogP contribution < -0.4 is 5.32 Å². The minimum Gasteiger partial charge on any atom is -0.480 e. The second-order valence-electron chi connectivity index (χ2n) is 4.51. The SMILES string of the molecule is CCNC(C)(CCCSCCS(C)(=O)=O)C(=O)O. The van der Waals surface area contributed by atoms with Crippen LogP contribution in [0, 0.1) is 0 Å². The Balaban J connectivity index is 3.85. The van der Waals surface area contributed by atoms with Crippen molar-refractivity contribution in [2.24, 2.45) is 0 Å². The van der Waals surface area contributed by atoms with Gasteiger partial charge in [0.15, 0.2) is 0 Å². The molecule has 0 aromatic heterocycles. The van der Waals surface area contributed by atoms with Crippen molar-refractivity contribution >= 4 is 27.6 Å². The van der Waals surface area contributed by atoms with Crippen molar-refractivity contribution in [2.45, 2.75) is 32.2 Å². The van der Waals surface area contributed by atoms with Crippen molar-refractivity contribution in [1.82, 2.24) is 5.32 Å². The first-order valence-electron chi connectivity index (χ1n) is 5.95. The predicted octanol–water partition coefficient (Wildman–Crippen LogP) is 0.997. The monoisotopic (exact) mass is 297 g/mol. The van der Waals surface area contributed by atoms with E-state index in [-0.39, 0.29) is 5.75 Å². The number of hydrogen-bond acceptors (Lipinski definition) is 5. The van der Waals surface area contributed by atoms with Crippen LogP contribution in [0.25, 0.3) is 0 Å². The summed E-state index contributed by atoms with van der Waals surface area (Å²) < 4.78 is 21.8. The van der Waals surface area contributed by atoms with Crippen molar-refractivity contribution in [3.05, 3.63) is 0 Å². The van der Waals surface area contributed by atoms with E-state index < -0.39 is 21.3 Å². The van der Waals surface area contributed by atoms with Crippen LogP contribution in [0.1, 0.15) is 26.7 Å². The summed E-state index contributed by atoms with van der Waals surface area (Å²) in [6.07, 6.45) is 2.52. The summed E-state index contributed by atoms with van der Waals surface area (Å²) in [5, 5.41) is 12.1. The van der Waals surface area contributed by atoms with Gasteiger partial charge in [-0.15, -0.1) is 0 Å². The number of carboxylic acids is 1. The van der Waals surface area contributed by atoms with Crippen molar-refractivity contribution in [2.75, 3.05) is 30.1 Å². The van der Waals surface area contributed by atoms with E-state index in [9.17, 15) is 13.2 Å². The molecule has 1 atom stereocenters. The van der Waals surface area contributed by atoms with Crippen LogP contribution in [0.15, 0.2) is 0 Å². The Morgan fingerprint density at radius 3 is 2.44 bits per heavy atom. The minimum absolute atomic E-state index is 0.182. The summed E-state index contributed by atoms with van der Waals surface area (Å²) in [4.78, 5) is 11.1. The van der Waals surface area contributed by atoms with Crippen LogP contribution in [0.4, 0.5) is 0 Å². The molecule has 18 heavy (non-hydrogen) atoms. The molecule has 0 saturated heterocycles. The smallest absolute Gasteiger partial charge is 0.323 e. The lowest BCUT2D eigenvalue weighted by Gasteiger charge is -2.25. The molecule has 0 heterocycles. The molecule has 0 radical (unpaired) electrons. The highest BCUT2D eigenvalue weighted by molar-refractivity contribution is 8.00. The molecule has 0 aliphatic carbocycles. The third-order valence-corrected chi connectivity index (χ3v) is 4.88. The fourth-order valence-electron chi connectivity index (χ4n) is 1.50. The first kappa shape index (κ1) is 17.7. The Kier molecular flexibility index (Phi) is 7.89. The van der Waals surface area contributed by atoms with Crippen LogP contribution in [0.5, 0.6) is 0 Å². The highest BCUT2D eigenvalue weighted by Gasteiger charge is 2.30. The Bertz CT molecular complexity index is 356. The molecule has 5 nitrogen and oxygen atoms in total. The lowest BCUT2D eigenvalue weighted by atomic mass is 9.96. The van der Waals surface area contributed by atoms with Crippen LogP contribution in [-0.2, 0) is 14.6 Å². The Hall–Kier alpha value is -0.270. The molecule has 0 saturated carbocycles. The lowest BCUT2D eigenvalue weighted by molar-refractivity contribution is -0.144. The summed E-state index contributed by atoms with van der Waals surface area (Å²) in [6, 6.07) is 0. The Morgan fingerprint density at radius 2 is 2.00 bits per heavy atom. The number of carboxylic acid groups (broad SMARTS) is 1. The van der Waals surface area contributed by atoms with Gasteiger partial charge >= 0.3 is 5.97 Å². The van der Waals surface area contributed by atoms with E-state index in [2.05, 4.69) is 5.32 Å². The van der Waals surface area contributed by atoms with E-state index >= 15 is 0 Å². The molecule has 2 N–H and O–H groups in total. The fraction of sp³-hybridized carbons (Fsp3) is 0.909. The minimum atomic E-state index is -2.89. The molecule has 0 spiro atoms. The van der Waals surface area contributed by atoms with Crippen molar-refractivity contribution < 1.29 is 18.3 Å². The van der Waals surface area contributed by atoms with Crippen LogP contribution >= 0.6 is 11.8 Å². The van der Waals surface area contributed by atoms with Gasteiger partial charge in [-0.05, 0) is 32.1 Å². The van der Waals surface area contributed by atoms with Gasteiger partial charge in [-0.3, -0.25) is 4.79 Å². The van der Waals surface area contributed by atoms with Gasteiger partial charge in [0, 0.05) is 12.0 Å². The molecule has 0 fully saturated rings.